The quantitative estimate of drug-likeness (QED) is 0.726. The molecular weight excluding hydrogens is 286 g/mol. The Morgan fingerprint density at radius 3 is 1.32 bits per heavy atom. The van der Waals surface area contributed by atoms with E-state index in [1.807, 2.05) is 0 Å². The van der Waals surface area contributed by atoms with Crippen molar-refractivity contribution in [2.75, 3.05) is 0 Å². The zero-order valence-corrected chi connectivity index (χ0v) is 12.0. The Morgan fingerprint density at radius 2 is 1.00 bits per heavy atom. The van der Waals surface area contributed by atoms with E-state index in [0.29, 0.717) is 11.1 Å². The molecule has 1 aromatic heterocycles. The van der Waals surface area contributed by atoms with Crippen LogP contribution >= 0.6 is 0 Å². The average Bonchev–Trinajstić information content (AvgIpc) is 2.48. The van der Waals surface area contributed by atoms with Crippen molar-refractivity contribution in [1.82, 2.24) is 20.4 Å². The van der Waals surface area contributed by atoms with Gasteiger partial charge in [-0.3, -0.25) is 0 Å². The molecule has 0 amide bonds. The molecule has 2 aromatic carbocycles. The lowest BCUT2D eigenvalue weighted by Crippen LogP contribution is -2.03. The fraction of sp³-hybridized carbons (Fsp3) is 0.125. The molecule has 22 heavy (non-hydrogen) atoms. The summed E-state index contributed by atoms with van der Waals surface area (Å²) in [4.78, 5) is 0. The highest BCUT2D eigenvalue weighted by atomic mass is 19.1. The SMILES string of the molecule is Cc1cccc(F)c1-c1nnc(-c2c(C)cccc2F)nn1. The van der Waals surface area contributed by atoms with E-state index in [0.717, 1.165) is 0 Å². The molecule has 0 atom stereocenters. The van der Waals surface area contributed by atoms with Gasteiger partial charge in [-0.2, -0.15) is 0 Å². The number of halogens is 2. The Kier molecular flexibility index (Phi) is 3.58. The van der Waals surface area contributed by atoms with Crippen LogP contribution in [0.4, 0.5) is 8.78 Å². The predicted molar refractivity (Wildman–Crippen MR) is 77.9 cm³/mol. The number of aryl methyl sites for hydroxylation is 2. The van der Waals surface area contributed by atoms with Crippen molar-refractivity contribution in [3.05, 3.63) is 59.2 Å². The second-order valence-electron chi connectivity index (χ2n) is 4.91. The number of benzene rings is 2. The Morgan fingerprint density at radius 1 is 0.636 bits per heavy atom. The summed E-state index contributed by atoms with van der Waals surface area (Å²) < 4.78 is 27.8. The molecule has 3 rings (SSSR count). The summed E-state index contributed by atoms with van der Waals surface area (Å²) in [5.41, 5.74) is 1.86. The van der Waals surface area contributed by atoms with Gasteiger partial charge in [0, 0.05) is 0 Å². The fourth-order valence-electron chi connectivity index (χ4n) is 2.26. The van der Waals surface area contributed by atoms with E-state index >= 15 is 0 Å². The smallest absolute Gasteiger partial charge is 0.206 e. The van der Waals surface area contributed by atoms with E-state index in [9.17, 15) is 8.78 Å². The monoisotopic (exact) mass is 298 g/mol. The second kappa shape index (κ2) is 5.55. The van der Waals surface area contributed by atoms with Crippen molar-refractivity contribution in [1.29, 1.82) is 0 Å². The molecule has 0 radical (unpaired) electrons. The van der Waals surface area contributed by atoms with Crippen molar-refractivity contribution in [2.24, 2.45) is 0 Å². The molecule has 4 nitrogen and oxygen atoms in total. The van der Waals surface area contributed by atoms with Crippen LogP contribution in [0.25, 0.3) is 22.8 Å². The normalized spacial score (nSPS) is 10.7. The maximum Gasteiger partial charge on any atom is 0.206 e. The average molecular weight is 298 g/mol. The van der Waals surface area contributed by atoms with Crippen LogP contribution in [0.3, 0.4) is 0 Å². The maximum atomic E-state index is 13.9. The zero-order chi connectivity index (χ0) is 15.7. The van der Waals surface area contributed by atoms with Gasteiger partial charge in [-0.15, -0.1) is 20.4 Å². The summed E-state index contributed by atoms with van der Waals surface area (Å²) in [6.07, 6.45) is 0. The van der Waals surface area contributed by atoms with Crippen LogP contribution in [0.15, 0.2) is 36.4 Å². The van der Waals surface area contributed by atoms with Gasteiger partial charge in [-0.1, -0.05) is 24.3 Å². The summed E-state index contributed by atoms with van der Waals surface area (Å²) in [6.45, 7) is 3.49. The highest BCUT2D eigenvalue weighted by molar-refractivity contribution is 5.62. The highest BCUT2D eigenvalue weighted by Gasteiger charge is 2.15. The maximum absolute atomic E-state index is 13.9. The van der Waals surface area contributed by atoms with E-state index in [4.69, 9.17) is 0 Å². The summed E-state index contributed by atoms with van der Waals surface area (Å²) in [5, 5.41) is 15.6. The fourth-order valence-corrected chi connectivity index (χ4v) is 2.26. The molecule has 0 aliphatic carbocycles. The summed E-state index contributed by atoms with van der Waals surface area (Å²) in [6, 6.07) is 9.34. The van der Waals surface area contributed by atoms with Gasteiger partial charge in [-0.25, -0.2) is 8.78 Å². The molecule has 0 unspecified atom stereocenters. The van der Waals surface area contributed by atoms with Gasteiger partial charge >= 0.3 is 0 Å². The van der Waals surface area contributed by atoms with Gasteiger partial charge in [-0.05, 0) is 37.1 Å². The van der Waals surface area contributed by atoms with Gasteiger partial charge in [0.1, 0.15) is 11.6 Å². The first kappa shape index (κ1) is 14.2. The lowest BCUT2D eigenvalue weighted by atomic mass is 10.1. The molecule has 3 aromatic rings. The van der Waals surface area contributed by atoms with Crippen molar-refractivity contribution in [2.45, 2.75) is 13.8 Å². The van der Waals surface area contributed by atoms with Gasteiger partial charge < -0.3 is 0 Å². The van der Waals surface area contributed by atoms with Crippen LogP contribution in [-0.2, 0) is 0 Å². The van der Waals surface area contributed by atoms with Crippen LogP contribution in [0.1, 0.15) is 11.1 Å². The number of hydrogen-bond donors (Lipinski definition) is 0. The highest BCUT2D eigenvalue weighted by Crippen LogP contribution is 2.25. The third kappa shape index (κ3) is 2.43. The topological polar surface area (TPSA) is 51.6 Å². The first-order valence-electron chi connectivity index (χ1n) is 6.66. The molecule has 0 bridgehead atoms. The Bertz CT molecular complexity index is 721. The molecule has 0 aliphatic heterocycles. The molecule has 0 saturated heterocycles. The zero-order valence-electron chi connectivity index (χ0n) is 12.0. The molecule has 0 N–H and O–H groups in total. The first-order chi connectivity index (χ1) is 10.6. The van der Waals surface area contributed by atoms with E-state index in [1.54, 1.807) is 38.1 Å². The molecule has 0 fully saturated rings. The van der Waals surface area contributed by atoms with Gasteiger partial charge in [0.2, 0.25) is 11.6 Å². The van der Waals surface area contributed by atoms with E-state index in [1.165, 1.54) is 12.1 Å². The van der Waals surface area contributed by atoms with Crippen LogP contribution in [0, 0.1) is 25.5 Å². The summed E-state index contributed by atoms with van der Waals surface area (Å²) >= 11 is 0. The molecule has 110 valence electrons. The van der Waals surface area contributed by atoms with Crippen molar-refractivity contribution >= 4 is 0 Å². The van der Waals surface area contributed by atoms with Gasteiger partial charge in [0.25, 0.3) is 0 Å². The Labute approximate surface area is 125 Å². The summed E-state index contributed by atoms with van der Waals surface area (Å²) in [7, 11) is 0. The third-order valence-electron chi connectivity index (χ3n) is 3.37. The number of rotatable bonds is 2. The largest absolute Gasteiger partial charge is 0.206 e. The number of nitrogens with zero attached hydrogens (tertiary/aromatic N) is 4. The Balaban J connectivity index is 2.08. The number of hydrogen-bond acceptors (Lipinski definition) is 4. The van der Waals surface area contributed by atoms with Gasteiger partial charge in [0.15, 0.2) is 0 Å². The van der Waals surface area contributed by atoms with E-state index in [2.05, 4.69) is 20.4 Å². The standard InChI is InChI=1S/C16H12F2N4/c1-9-5-3-7-11(17)13(9)15-19-21-16(22-20-15)14-10(2)6-4-8-12(14)18/h3-8H,1-2H3. The van der Waals surface area contributed by atoms with Crippen molar-refractivity contribution in [3.63, 3.8) is 0 Å². The molecule has 0 saturated carbocycles. The number of aromatic nitrogens is 4. The Hall–Kier alpha value is -2.76. The third-order valence-corrected chi connectivity index (χ3v) is 3.37. The lowest BCUT2D eigenvalue weighted by Gasteiger charge is -2.06. The predicted octanol–water partition coefficient (Wildman–Crippen LogP) is 3.50. The van der Waals surface area contributed by atoms with Crippen LogP contribution in [-0.4, -0.2) is 20.4 Å². The molecule has 0 spiro atoms. The van der Waals surface area contributed by atoms with Crippen LogP contribution in [0.5, 0.6) is 0 Å². The molecular formula is C16H12F2N4. The minimum atomic E-state index is -0.446. The lowest BCUT2D eigenvalue weighted by molar-refractivity contribution is 0.624. The van der Waals surface area contributed by atoms with E-state index < -0.39 is 11.6 Å². The van der Waals surface area contributed by atoms with Crippen molar-refractivity contribution in [3.8, 4) is 22.8 Å². The minimum Gasteiger partial charge on any atom is -0.206 e. The van der Waals surface area contributed by atoms with Crippen LogP contribution in [0.2, 0.25) is 0 Å². The summed E-state index contributed by atoms with van der Waals surface area (Å²) in [5.74, 6) is -0.737. The van der Waals surface area contributed by atoms with E-state index in [-0.39, 0.29) is 22.8 Å². The van der Waals surface area contributed by atoms with Gasteiger partial charge in [0.05, 0.1) is 11.1 Å². The molecule has 0 aliphatic rings. The minimum absolute atomic E-state index is 0.0772. The van der Waals surface area contributed by atoms with Crippen LogP contribution < -0.4 is 0 Å². The van der Waals surface area contributed by atoms with Crippen molar-refractivity contribution < 1.29 is 8.78 Å². The second-order valence-corrected chi connectivity index (χ2v) is 4.91. The first-order valence-corrected chi connectivity index (χ1v) is 6.66. The molecule has 1 heterocycles. The molecule has 6 heteroatoms.